The molecular formula is C12H20N4. The van der Waals surface area contributed by atoms with E-state index in [1.807, 2.05) is 12.1 Å². The summed E-state index contributed by atoms with van der Waals surface area (Å²) in [6.45, 7) is 0.957. The molecule has 4 heteroatoms. The van der Waals surface area contributed by atoms with Crippen LogP contribution in [0, 0.1) is 0 Å². The van der Waals surface area contributed by atoms with Gasteiger partial charge in [0, 0.05) is 18.3 Å². The highest BCUT2D eigenvalue weighted by Crippen LogP contribution is 2.33. The van der Waals surface area contributed by atoms with E-state index in [4.69, 9.17) is 0 Å². The molecule has 0 radical (unpaired) electrons. The Balaban J connectivity index is 1.97. The Bertz CT molecular complexity index is 317. The predicted molar refractivity (Wildman–Crippen MR) is 65.4 cm³/mol. The molecule has 0 saturated heterocycles. The van der Waals surface area contributed by atoms with Crippen LogP contribution in [0.1, 0.15) is 25.7 Å². The molecule has 0 aliphatic heterocycles. The van der Waals surface area contributed by atoms with Crippen LogP contribution in [0.5, 0.6) is 0 Å². The van der Waals surface area contributed by atoms with Gasteiger partial charge in [-0.1, -0.05) is 12.8 Å². The predicted octanol–water partition coefficient (Wildman–Crippen LogP) is 1.76. The van der Waals surface area contributed by atoms with Crippen LogP contribution in [-0.4, -0.2) is 41.3 Å². The third-order valence-electron chi connectivity index (χ3n) is 3.65. The lowest BCUT2D eigenvalue weighted by molar-refractivity contribution is 0.172. The van der Waals surface area contributed by atoms with Crippen molar-refractivity contribution >= 4 is 5.82 Å². The number of nitrogens with one attached hydrogen (secondary N) is 1. The molecule has 88 valence electrons. The lowest BCUT2D eigenvalue weighted by Gasteiger charge is -2.36. The summed E-state index contributed by atoms with van der Waals surface area (Å²) in [5.74, 6) is 0.871. The Labute approximate surface area is 97.1 Å². The van der Waals surface area contributed by atoms with Gasteiger partial charge in [0.05, 0.1) is 0 Å². The molecule has 0 bridgehead atoms. The Morgan fingerprint density at radius 3 is 2.69 bits per heavy atom. The molecule has 0 atom stereocenters. The molecule has 0 amide bonds. The van der Waals surface area contributed by atoms with Crippen molar-refractivity contribution in [2.75, 3.05) is 26.0 Å². The second-order valence-corrected chi connectivity index (χ2v) is 4.79. The topological polar surface area (TPSA) is 41.0 Å². The monoisotopic (exact) mass is 220 g/mol. The second kappa shape index (κ2) is 4.78. The molecule has 1 fully saturated rings. The number of hydrogen-bond donors (Lipinski definition) is 1. The number of hydrogen-bond acceptors (Lipinski definition) is 4. The normalized spacial score (nSPS) is 18.9. The van der Waals surface area contributed by atoms with Gasteiger partial charge in [0.15, 0.2) is 0 Å². The van der Waals surface area contributed by atoms with Gasteiger partial charge in [0.25, 0.3) is 0 Å². The molecule has 16 heavy (non-hydrogen) atoms. The van der Waals surface area contributed by atoms with Crippen molar-refractivity contribution in [3.63, 3.8) is 0 Å². The van der Waals surface area contributed by atoms with Gasteiger partial charge in [0.1, 0.15) is 5.82 Å². The highest BCUT2D eigenvalue weighted by atomic mass is 15.2. The number of anilines is 1. The molecule has 2 rings (SSSR count). The van der Waals surface area contributed by atoms with Gasteiger partial charge >= 0.3 is 0 Å². The quantitative estimate of drug-likeness (QED) is 0.839. The molecule has 1 aliphatic carbocycles. The first-order valence-corrected chi connectivity index (χ1v) is 5.92. The molecule has 0 spiro atoms. The summed E-state index contributed by atoms with van der Waals surface area (Å²) >= 11 is 0. The summed E-state index contributed by atoms with van der Waals surface area (Å²) in [6, 6.07) is 3.87. The van der Waals surface area contributed by atoms with E-state index in [0.717, 1.165) is 12.4 Å². The number of likely N-dealkylation sites (N-methyl/N-ethyl adjacent to an activating group) is 1. The van der Waals surface area contributed by atoms with E-state index in [-0.39, 0.29) is 0 Å². The standard InChI is InChI=1S/C12H20N4/c1-16(2)12(7-3-4-8-12)10-13-11-6-5-9-14-15-11/h5-6,9H,3-4,7-8,10H2,1-2H3,(H,13,15). The van der Waals surface area contributed by atoms with Crippen molar-refractivity contribution in [1.29, 1.82) is 0 Å². The van der Waals surface area contributed by atoms with E-state index >= 15 is 0 Å². The average molecular weight is 220 g/mol. The van der Waals surface area contributed by atoms with Gasteiger partial charge in [-0.25, -0.2) is 0 Å². The third kappa shape index (κ3) is 2.32. The minimum atomic E-state index is 0.303. The summed E-state index contributed by atoms with van der Waals surface area (Å²) in [4.78, 5) is 2.35. The van der Waals surface area contributed by atoms with E-state index in [9.17, 15) is 0 Å². The first-order valence-electron chi connectivity index (χ1n) is 5.92. The smallest absolute Gasteiger partial charge is 0.148 e. The van der Waals surface area contributed by atoms with E-state index in [0.29, 0.717) is 5.54 Å². The van der Waals surface area contributed by atoms with Crippen LogP contribution in [0.3, 0.4) is 0 Å². The summed E-state index contributed by atoms with van der Waals surface area (Å²) < 4.78 is 0. The van der Waals surface area contributed by atoms with Crippen LogP contribution in [0.15, 0.2) is 18.3 Å². The third-order valence-corrected chi connectivity index (χ3v) is 3.65. The van der Waals surface area contributed by atoms with Gasteiger partial charge in [-0.05, 0) is 39.1 Å². The van der Waals surface area contributed by atoms with E-state index in [2.05, 4.69) is 34.5 Å². The van der Waals surface area contributed by atoms with E-state index in [1.165, 1.54) is 25.7 Å². The summed E-state index contributed by atoms with van der Waals surface area (Å²) in [7, 11) is 4.34. The van der Waals surface area contributed by atoms with Crippen molar-refractivity contribution in [3.8, 4) is 0 Å². The van der Waals surface area contributed by atoms with Crippen LogP contribution in [0.4, 0.5) is 5.82 Å². The summed E-state index contributed by atoms with van der Waals surface area (Å²) in [5.41, 5.74) is 0.303. The Hall–Kier alpha value is -1.16. The number of nitrogens with zero attached hydrogens (tertiary/aromatic N) is 3. The lowest BCUT2D eigenvalue weighted by Crippen LogP contribution is -2.47. The Kier molecular flexibility index (Phi) is 3.39. The minimum absolute atomic E-state index is 0.303. The van der Waals surface area contributed by atoms with Gasteiger partial charge in [0.2, 0.25) is 0 Å². The second-order valence-electron chi connectivity index (χ2n) is 4.79. The fraction of sp³-hybridized carbons (Fsp3) is 0.667. The fourth-order valence-corrected chi connectivity index (χ4v) is 2.47. The van der Waals surface area contributed by atoms with Crippen LogP contribution in [0.25, 0.3) is 0 Å². The van der Waals surface area contributed by atoms with Crippen molar-refractivity contribution in [1.82, 2.24) is 15.1 Å². The average Bonchev–Trinajstić information content (AvgIpc) is 2.78. The van der Waals surface area contributed by atoms with Crippen LogP contribution in [-0.2, 0) is 0 Å². The number of rotatable bonds is 4. The zero-order chi connectivity index (χ0) is 11.4. The molecule has 1 aliphatic rings. The highest BCUT2D eigenvalue weighted by molar-refractivity contribution is 5.32. The van der Waals surface area contributed by atoms with Crippen LogP contribution >= 0.6 is 0 Å². The number of aromatic nitrogens is 2. The summed E-state index contributed by atoms with van der Waals surface area (Å²) in [5, 5.41) is 11.3. The molecule has 0 aromatic carbocycles. The summed E-state index contributed by atoms with van der Waals surface area (Å²) in [6.07, 6.45) is 6.91. The van der Waals surface area contributed by atoms with Crippen molar-refractivity contribution in [3.05, 3.63) is 18.3 Å². The molecular weight excluding hydrogens is 200 g/mol. The fourth-order valence-electron chi connectivity index (χ4n) is 2.47. The molecule has 1 aromatic rings. The van der Waals surface area contributed by atoms with Crippen molar-refractivity contribution < 1.29 is 0 Å². The maximum absolute atomic E-state index is 4.05. The van der Waals surface area contributed by atoms with Crippen molar-refractivity contribution in [2.24, 2.45) is 0 Å². The SMILES string of the molecule is CN(C)C1(CNc2cccnn2)CCCC1. The minimum Gasteiger partial charge on any atom is -0.367 e. The first kappa shape index (κ1) is 11.3. The highest BCUT2D eigenvalue weighted by Gasteiger charge is 2.35. The molecule has 0 unspecified atom stereocenters. The van der Waals surface area contributed by atoms with Gasteiger partial charge in [-0.2, -0.15) is 5.10 Å². The zero-order valence-electron chi connectivity index (χ0n) is 10.1. The lowest BCUT2D eigenvalue weighted by atomic mass is 9.96. The van der Waals surface area contributed by atoms with E-state index in [1.54, 1.807) is 6.20 Å². The molecule has 1 N–H and O–H groups in total. The van der Waals surface area contributed by atoms with Crippen LogP contribution in [0.2, 0.25) is 0 Å². The first-order chi connectivity index (χ1) is 7.73. The maximum Gasteiger partial charge on any atom is 0.148 e. The largest absolute Gasteiger partial charge is 0.367 e. The maximum atomic E-state index is 4.05. The molecule has 4 nitrogen and oxygen atoms in total. The van der Waals surface area contributed by atoms with Gasteiger partial charge in [-0.15, -0.1) is 5.10 Å². The van der Waals surface area contributed by atoms with Gasteiger partial charge in [-0.3, -0.25) is 0 Å². The van der Waals surface area contributed by atoms with Gasteiger partial charge < -0.3 is 10.2 Å². The van der Waals surface area contributed by atoms with Crippen LogP contribution < -0.4 is 5.32 Å². The Morgan fingerprint density at radius 2 is 2.12 bits per heavy atom. The molecule has 1 heterocycles. The van der Waals surface area contributed by atoms with Crippen molar-refractivity contribution in [2.45, 2.75) is 31.2 Å². The molecule has 1 saturated carbocycles. The van der Waals surface area contributed by atoms with E-state index < -0.39 is 0 Å². The zero-order valence-corrected chi connectivity index (χ0v) is 10.1. The molecule has 1 aromatic heterocycles. The Morgan fingerprint density at radius 1 is 1.38 bits per heavy atom.